The fourth-order valence-electron chi connectivity index (χ4n) is 5.08. The molecule has 4 aliphatic rings. The van der Waals surface area contributed by atoms with Gasteiger partial charge in [0.25, 0.3) is 0 Å². The number of aromatic nitrogens is 4. The molecular formula is C23H28F3N7O. The molecule has 0 N–H and O–H groups in total. The van der Waals surface area contributed by atoms with Gasteiger partial charge in [0.05, 0.1) is 35.7 Å². The molecule has 0 radical (unpaired) electrons. The molecule has 2 aliphatic heterocycles. The summed E-state index contributed by atoms with van der Waals surface area (Å²) >= 11 is 0. The van der Waals surface area contributed by atoms with Crippen molar-refractivity contribution < 1.29 is 17.9 Å². The van der Waals surface area contributed by atoms with Gasteiger partial charge in [-0.2, -0.15) is 23.3 Å². The molecule has 8 nitrogen and oxygen atoms in total. The van der Waals surface area contributed by atoms with Gasteiger partial charge in [0.1, 0.15) is 5.52 Å². The van der Waals surface area contributed by atoms with Gasteiger partial charge >= 0.3 is 6.18 Å². The van der Waals surface area contributed by atoms with Crippen molar-refractivity contribution >= 4 is 23.3 Å². The molecule has 1 saturated heterocycles. The number of rotatable bonds is 4. The first-order valence-electron chi connectivity index (χ1n) is 12.0. The standard InChI is InChI=1S/C23H28F3N7O/c1-12-13(2)29-21-20(28-12)19(14-7-16(8-14)23(24,25)26)30-22(31-21)32-5-6-34-18(11-32)15-9-27-33(10-15)17-3-4-17/h9,14-18H,3-8,10-11H2,1-2H3/t14?,15?,16?,18-/m0/s1. The molecule has 6 rings (SSSR count). The van der Waals surface area contributed by atoms with E-state index in [9.17, 15) is 13.2 Å². The van der Waals surface area contributed by atoms with Crippen LogP contribution in [0.15, 0.2) is 5.10 Å². The Kier molecular flexibility index (Phi) is 5.16. The second kappa shape index (κ2) is 8.00. The van der Waals surface area contributed by atoms with E-state index in [4.69, 9.17) is 14.7 Å². The lowest BCUT2D eigenvalue weighted by atomic mass is 9.72. The van der Waals surface area contributed by atoms with Crippen molar-refractivity contribution in [2.45, 2.75) is 63.8 Å². The average Bonchev–Trinajstić information content (AvgIpc) is 3.49. The molecule has 2 aliphatic carbocycles. The van der Waals surface area contributed by atoms with Crippen molar-refractivity contribution in [1.29, 1.82) is 0 Å². The number of aryl methyl sites for hydroxylation is 2. The van der Waals surface area contributed by atoms with Crippen molar-refractivity contribution in [3.05, 3.63) is 17.1 Å². The molecule has 0 amide bonds. The number of morpholine rings is 1. The van der Waals surface area contributed by atoms with E-state index in [1.54, 1.807) is 0 Å². The minimum Gasteiger partial charge on any atom is -0.374 e. The molecule has 1 unspecified atom stereocenters. The summed E-state index contributed by atoms with van der Waals surface area (Å²) in [6, 6.07) is 0.570. The molecule has 11 heteroatoms. The van der Waals surface area contributed by atoms with Crippen molar-refractivity contribution in [2.24, 2.45) is 16.9 Å². The van der Waals surface area contributed by atoms with Crippen LogP contribution in [0.4, 0.5) is 19.1 Å². The second-order valence-electron chi connectivity index (χ2n) is 10.0. The molecule has 0 bridgehead atoms. The fraction of sp³-hybridized carbons (Fsp3) is 0.696. The third kappa shape index (κ3) is 3.97. The lowest BCUT2D eigenvalue weighted by Crippen LogP contribution is -2.48. The highest BCUT2D eigenvalue weighted by molar-refractivity contribution is 5.75. The molecule has 2 aromatic heterocycles. The molecule has 0 aromatic carbocycles. The van der Waals surface area contributed by atoms with E-state index in [1.807, 2.05) is 20.1 Å². The number of hydrazone groups is 1. The predicted molar refractivity (Wildman–Crippen MR) is 120 cm³/mol. The number of alkyl halides is 3. The molecule has 182 valence electrons. The van der Waals surface area contributed by atoms with Crippen LogP contribution in [0.25, 0.3) is 11.2 Å². The molecule has 2 atom stereocenters. The van der Waals surface area contributed by atoms with Crippen LogP contribution in [0, 0.1) is 25.7 Å². The molecule has 0 spiro atoms. The largest absolute Gasteiger partial charge is 0.391 e. The lowest BCUT2D eigenvalue weighted by molar-refractivity contribution is -0.197. The van der Waals surface area contributed by atoms with E-state index in [1.165, 1.54) is 12.8 Å². The van der Waals surface area contributed by atoms with Gasteiger partial charge in [-0.25, -0.2) is 15.0 Å². The van der Waals surface area contributed by atoms with Crippen molar-refractivity contribution in [3.63, 3.8) is 0 Å². The van der Waals surface area contributed by atoms with Crippen LogP contribution in [-0.2, 0) is 4.74 Å². The van der Waals surface area contributed by atoms with Crippen LogP contribution >= 0.6 is 0 Å². The summed E-state index contributed by atoms with van der Waals surface area (Å²) in [4.78, 5) is 20.8. The van der Waals surface area contributed by atoms with E-state index < -0.39 is 12.1 Å². The molecule has 34 heavy (non-hydrogen) atoms. The van der Waals surface area contributed by atoms with Gasteiger partial charge in [-0.15, -0.1) is 0 Å². The Hall–Kier alpha value is -2.56. The van der Waals surface area contributed by atoms with Gasteiger partial charge in [-0.1, -0.05) is 0 Å². The van der Waals surface area contributed by atoms with Gasteiger partial charge < -0.3 is 9.64 Å². The number of hydrogen-bond acceptors (Lipinski definition) is 8. The molecular weight excluding hydrogens is 447 g/mol. The van der Waals surface area contributed by atoms with Gasteiger partial charge in [0.15, 0.2) is 5.65 Å². The zero-order chi connectivity index (χ0) is 23.6. The first kappa shape index (κ1) is 21.9. The third-order valence-electron chi connectivity index (χ3n) is 7.57. The highest BCUT2D eigenvalue weighted by Crippen LogP contribution is 2.50. The fourth-order valence-corrected chi connectivity index (χ4v) is 5.08. The summed E-state index contributed by atoms with van der Waals surface area (Å²) in [5.41, 5.74) is 3.05. The van der Waals surface area contributed by atoms with Crippen LogP contribution in [0.1, 0.15) is 48.7 Å². The summed E-state index contributed by atoms with van der Waals surface area (Å²) in [5, 5.41) is 6.72. The maximum Gasteiger partial charge on any atom is 0.391 e. The molecule has 4 heterocycles. The Balaban J connectivity index is 1.28. The summed E-state index contributed by atoms with van der Waals surface area (Å²) < 4.78 is 45.6. The predicted octanol–water partition coefficient (Wildman–Crippen LogP) is 3.38. The summed E-state index contributed by atoms with van der Waals surface area (Å²) in [7, 11) is 0. The summed E-state index contributed by atoms with van der Waals surface area (Å²) in [6.07, 6.45) is 0.248. The topological polar surface area (TPSA) is 79.6 Å². The zero-order valence-electron chi connectivity index (χ0n) is 19.3. The van der Waals surface area contributed by atoms with Gasteiger partial charge in [-0.05, 0) is 39.5 Å². The maximum absolute atomic E-state index is 13.2. The number of fused-ring (bicyclic) bond motifs is 1. The Labute approximate surface area is 195 Å². The van der Waals surface area contributed by atoms with Crippen LogP contribution < -0.4 is 4.90 Å². The highest BCUT2D eigenvalue weighted by atomic mass is 19.4. The van der Waals surface area contributed by atoms with E-state index >= 15 is 0 Å². The number of ether oxygens (including phenoxy) is 1. The highest BCUT2D eigenvalue weighted by Gasteiger charge is 2.49. The quantitative estimate of drug-likeness (QED) is 0.671. The van der Waals surface area contributed by atoms with E-state index in [0.29, 0.717) is 48.5 Å². The monoisotopic (exact) mass is 475 g/mol. The first-order valence-corrected chi connectivity index (χ1v) is 12.0. The summed E-state index contributed by atoms with van der Waals surface area (Å²) in [5.74, 6) is -0.877. The minimum absolute atomic E-state index is 0.0327. The number of halogens is 3. The third-order valence-corrected chi connectivity index (χ3v) is 7.57. The lowest BCUT2D eigenvalue weighted by Gasteiger charge is -2.38. The Morgan fingerprint density at radius 3 is 2.50 bits per heavy atom. The van der Waals surface area contributed by atoms with Crippen molar-refractivity contribution in [3.8, 4) is 0 Å². The number of hydrogen-bond donors (Lipinski definition) is 0. The van der Waals surface area contributed by atoms with Crippen LogP contribution in [0.3, 0.4) is 0 Å². The average molecular weight is 476 g/mol. The smallest absolute Gasteiger partial charge is 0.374 e. The van der Waals surface area contributed by atoms with Gasteiger partial charge in [-0.3, -0.25) is 5.01 Å². The van der Waals surface area contributed by atoms with Gasteiger partial charge in [0.2, 0.25) is 5.95 Å². The van der Waals surface area contributed by atoms with Crippen LogP contribution in [-0.4, -0.2) is 75.7 Å². The van der Waals surface area contributed by atoms with Crippen LogP contribution in [0.2, 0.25) is 0 Å². The molecule has 3 fully saturated rings. The molecule has 2 aromatic rings. The van der Waals surface area contributed by atoms with E-state index in [0.717, 1.165) is 17.9 Å². The van der Waals surface area contributed by atoms with Crippen LogP contribution in [0.5, 0.6) is 0 Å². The van der Waals surface area contributed by atoms with Gasteiger partial charge in [0, 0.05) is 43.7 Å². The minimum atomic E-state index is -4.17. The zero-order valence-corrected chi connectivity index (χ0v) is 19.3. The summed E-state index contributed by atoms with van der Waals surface area (Å²) in [6.45, 7) is 6.33. The van der Waals surface area contributed by atoms with E-state index in [-0.39, 0.29) is 30.8 Å². The Morgan fingerprint density at radius 2 is 1.76 bits per heavy atom. The first-order chi connectivity index (χ1) is 16.3. The van der Waals surface area contributed by atoms with Crippen molar-refractivity contribution in [2.75, 3.05) is 31.1 Å². The second-order valence-corrected chi connectivity index (χ2v) is 10.0. The number of nitrogens with zero attached hydrogens (tertiary/aromatic N) is 7. The normalized spacial score (nSPS) is 29.7. The number of anilines is 1. The maximum atomic E-state index is 13.2. The van der Waals surface area contributed by atoms with E-state index in [2.05, 4.69) is 25.0 Å². The Morgan fingerprint density at radius 1 is 1.00 bits per heavy atom. The Bertz CT molecular complexity index is 1130. The van der Waals surface area contributed by atoms with Crippen molar-refractivity contribution in [1.82, 2.24) is 24.9 Å². The SMILES string of the molecule is Cc1nc2nc(N3CCO[C@H](C4C=NN(C5CC5)C4)C3)nc(C3CC(C(F)(F)F)C3)c2nc1C. The molecule has 2 saturated carbocycles.